The molecule has 4 nitrogen and oxygen atoms in total. The molecule has 0 radical (unpaired) electrons. The van der Waals surface area contributed by atoms with Crippen LogP contribution in [0.2, 0.25) is 5.02 Å². The quantitative estimate of drug-likeness (QED) is 0.869. The lowest BCUT2D eigenvalue weighted by atomic mass is 9.93. The van der Waals surface area contributed by atoms with E-state index >= 15 is 0 Å². The molecule has 112 valence electrons. The SMILES string of the molecule is CCC1(C(=O)O)CCCN1C(=O)/C=C/c1cccc(Cl)c1. The van der Waals surface area contributed by atoms with Gasteiger partial charge in [-0.2, -0.15) is 0 Å². The average Bonchev–Trinajstić information content (AvgIpc) is 2.90. The second kappa shape index (κ2) is 6.31. The predicted octanol–water partition coefficient (Wildman–Crippen LogP) is 3.21. The van der Waals surface area contributed by atoms with Gasteiger partial charge in [-0.1, -0.05) is 30.7 Å². The van der Waals surface area contributed by atoms with Crippen LogP contribution >= 0.6 is 11.6 Å². The number of likely N-dealkylation sites (tertiary alicyclic amines) is 1. The van der Waals surface area contributed by atoms with Crippen molar-refractivity contribution >= 4 is 29.6 Å². The maximum absolute atomic E-state index is 12.3. The van der Waals surface area contributed by atoms with E-state index in [0.717, 1.165) is 12.0 Å². The van der Waals surface area contributed by atoms with Gasteiger partial charge in [0.25, 0.3) is 0 Å². The highest BCUT2D eigenvalue weighted by atomic mass is 35.5. The molecule has 1 amide bonds. The van der Waals surface area contributed by atoms with Gasteiger partial charge >= 0.3 is 5.97 Å². The summed E-state index contributed by atoms with van der Waals surface area (Å²) >= 11 is 5.89. The van der Waals surface area contributed by atoms with Gasteiger partial charge in [-0.15, -0.1) is 0 Å². The van der Waals surface area contributed by atoms with E-state index in [1.165, 1.54) is 11.0 Å². The van der Waals surface area contributed by atoms with E-state index in [1.807, 2.05) is 6.07 Å². The summed E-state index contributed by atoms with van der Waals surface area (Å²) in [4.78, 5) is 25.3. The second-order valence-corrected chi connectivity index (χ2v) is 5.61. The zero-order chi connectivity index (χ0) is 15.5. The first-order valence-corrected chi connectivity index (χ1v) is 7.36. The normalized spacial score (nSPS) is 21.9. The van der Waals surface area contributed by atoms with Crippen LogP contribution in [0.4, 0.5) is 0 Å². The highest BCUT2D eigenvalue weighted by Crippen LogP contribution is 2.33. The number of hydrogen-bond acceptors (Lipinski definition) is 2. The first-order valence-electron chi connectivity index (χ1n) is 6.98. The topological polar surface area (TPSA) is 57.6 Å². The van der Waals surface area contributed by atoms with Crippen molar-refractivity contribution in [3.05, 3.63) is 40.9 Å². The fraction of sp³-hybridized carbons (Fsp3) is 0.375. The third-order valence-corrected chi connectivity index (χ3v) is 4.24. The van der Waals surface area contributed by atoms with E-state index in [4.69, 9.17) is 11.6 Å². The molecule has 1 aromatic rings. The maximum atomic E-state index is 12.3. The van der Waals surface area contributed by atoms with Crippen molar-refractivity contribution in [1.82, 2.24) is 4.90 Å². The summed E-state index contributed by atoms with van der Waals surface area (Å²) in [5.41, 5.74) is -0.247. The van der Waals surface area contributed by atoms with Gasteiger partial charge in [-0.05, 0) is 43.0 Å². The molecule has 1 saturated heterocycles. The molecule has 0 bridgehead atoms. The maximum Gasteiger partial charge on any atom is 0.329 e. The number of hydrogen-bond donors (Lipinski definition) is 1. The van der Waals surface area contributed by atoms with Crippen LogP contribution in [0.1, 0.15) is 31.7 Å². The molecule has 1 fully saturated rings. The third kappa shape index (κ3) is 3.10. The third-order valence-electron chi connectivity index (χ3n) is 4.00. The Balaban J connectivity index is 2.18. The van der Waals surface area contributed by atoms with Crippen molar-refractivity contribution < 1.29 is 14.7 Å². The Labute approximate surface area is 129 Å². The van der Waals surface area contributed by atoms with Crippen molar-refractivity contribution in [3.63, 3.8) is 0 Å². The molecular formula is C16H18ClNO3. The number of carbonyl (C=O) groups is 2. The van der Waals surface area contributed by atoms with Crippen LogP contribution in [-0.4, -0.2) is 34.0 Å². The smallest absolute Gasteiger partial charge is 0.329 e. The Hall–Kier alpha value is -1.81. The van der Waals surface area contributed by atoms with Crippen molar-refractivity contribution in [2.75, 3.05) is 6.54 Å². The van der Waals surface area contributed by atoms with Crippen LogP contribution < -0.4 is 0 Å². The van der Waals surface area contributed by atoms with Crippen LogP contribution in [0.3, 0.4) is 0 Å². The lowest BCUT2D eigenvalue weighted by Crippen LogP contribution is -2.52. The van der Waals surface area contributed by atoms with E-state index in [0.29, 0.717) is 24.4 Å². The minimum atomic E-state index is -1.06. The summed E-state index contributed by atoms with van der Waals surface area (Å²) in [7, 11) is 0. The molecule has 1 aliphatic heterocycles. The van der Waals surface area contributed by atoms with Crippen LogP contribution in [-0.2, 0) is 9.59 Å². The summed E-state index contributed by atoms with van der Waals surface area (Å²) in [6, 6.07) is 7.15. The molecular weight excluding hydrogens is 290 g/mol. The molecule has 0 aromatic heterocycles. The Morgan fingerprint density at radius 3 is 2.86 bits per heavy atom. The zero-order valence-electron chi connectivity index (χ0n) is 11.9. The summed E-state index contributed by atoms with van der Waals surface area (Å²) in [5, 5.41) is 10.1. The number of halogens is 1. The number of benzene rings is 1. The van der Waals surface area contributed by atoms with Gasteiger partial charge in [0.15, 0.2) is 0 Å². The predicted molar refractivity (Wildman–Crippen MR) is 82.1 cm³/mol. The molecule has 2 rings (SSSR count). The summed E-state index contributed by atoms with van der Waals surface area (Å²) in [5.74, 6) is -1.19. The summed E-state index contributed by atoms with van der Waals surface area (Å²) < 4.78 is 0. The number of nitrogens with zero attached hydrogens (tertiary/aromatic N) is 1. The van der Waals surface area contributed by atoms with Gasteiger partial charge in [-0.3, -0.25) is 4.79 Å². The van der Waals surface area contributed by atoms with Crippen molar-refractivity contribution in [2.45, 2.75) is 31.7 Å². The number of amides is 1. The molecule has 1 aromatic carbocycles. The molecule has 0 spiro atoms. The highest BCUT2D eigenvalue weighted by Gasteiger charge is 2.47. The van der Waals surface area contributed by atoms with E-state index in [1.54, 1.807) is 31.2 Å². The number of carboxylic acids is 1. The van der Waals surface area contributed by atoms with Gasteiger partial charge in [0.05, 0.1) is 0 Å². The van der Waals surface area contributed by atoms with E-state index in [2.05, 4.69) is 0 Å². The fourth-order valence-corrected chi connectivity index (χ4v) is 3.01. The zero-order valence-corrected chi connectivity index (χ0v) is 12.6. The van der Waals surface area contributed by atoms with Crippen molar-refractivity contribution in [1.29, 1.82) is 0 Å². The molecule has 21 heavy (non-hydrogen) atoms. The fourth-order valence-electron chi connectivity index (χ4n) is 2.81. The van der Waals surface area contributed by atoms with E-state index in [9.17, 15) is 14.7 Å². The largest absolute Gasteiger partial charge is 0.479 e. The number of carbonyl (C=O) groups excluding carboxylic acids is 1. The summed E-state index contributed by atoms with van der Waals surface area (Å²) in [6.07, 6.45) is 4.73. The van der Waals surface area contributed by atoms with Crippen molar-refractivity contribution in [2.24, 2.45) is 0 Å². The van der Waals surface area contributed by atoms with Gasteiger partial charge in [0, 0.05) is 17.6 Å². The molecule has 1 N–H and O–H groups in total. The Bertz CT molecular complexity index is 585. The van der Waals surface area contributed by atoms with Crippen LogP contribution in [0.5, 0.6) is 0 Å². The van der Waals surface area contributed by atoms with Gasteiger partial charge in [-0.25, -0.2) is 4.79 Å². The van der Waals surface area contributed by atoms with Crippen LogP contribution in [0.15, 0.2) is 30.3 Å². The Morgan fingerprint density at radius 1 is 1.48 bits per heavy atom. The molecule has 1 aliphatic rings. The summed E-state index contributed by atoms with van der Waals surface area (Å²) in [6.45, 7) is 2.29. The van der Waals surface area contributed by atoms with Gasteiger partial charge in [0.2, 0.25) is 5.91 Å². The molecule has 0 aliphatic carbocycles. The molecule has 1 unspecified atom stereocenters. The minimum absolute atomic E-state index is 0.267. The van der Waals surface area contributed by atoms with E-state index in [-0.39, 0.29) is 5.91 Å². The van der Waals surface area contributed by atoms with Gasteiger partial charge in [0.1, 0.15) is 5.54 Å². The second-order valence-electron chi connectivity index (χ2n) is 5.17. The lowest BCUT2D eigenvalue weighted by Gasteiger charge is -2.33. The first kappa shape index (κ1) is 15.6. The molecule has 1 atom stereocenters. The van der Waals surface area contributed by atoms with Crippen LogP contribution in [0, 0.1) is 0 Å². The molecule has 1 heterocycles. The average molecular weight is 308 g/mol. The van der Waals surface area contributed by atoms with Crippen molar-refractivity contribution in [3.8, 4) is 0 Å². The Kier molecular flexibility index (Phi) is 4.68. The minimum Gasteiger partial charge on any atom is -0.479 e. The number of carboxylic acid groups (broad SMARTS) is 1. The Morgan fingerprint density at radius 2 is 2.24 bits per heavy atom. The number of aliphatic carboxylic acids is 1. The van der Waals surface area contributed by atoms with Crippen LogP contribution in [0.25, 0.3) is 6.08 Å². The number of rotatable bonds is 4. The molecule has 5 heteroatoms. The lowest BCUT2D eigenvalue weighted by molar-refractivity contribution is -0.155. The molecule has 0 saturated carbocycles. The standard InChI is InChI=1S/C16H18ClNO3/c1-2-16(15(20)21)9-4-10-18(16)14(19)8-7-12-5-3-6-13(17)11-12/h3,5-8,11H,2,4,9-10H2,1H3,(H,20,21)/b8-7+. The van der Waals surface area contributed by atoms with Gasteiger partial charge < -0.3 is 10.0 Å². The first-order chi connectivity index (χ1) is 9.99. The van der Waals surface area contributed by atoms with E-state index < -0.39 is 11.5 Å². The highest BCUT2D eigenvalue weighted by molar-refractivity contribution is 6.30. The monoisotopic (exact) mass is 307 g/mol.